The number of amides is 1. The van der Waals surface area contributed by atoms with Crippen LogP contribution in [0.4, 0.5) is 0 Å². The fourth-order valence-electron chi connectivity index (χ4n) is 1.22. The minimum Gasteiger partial charge on any atom is -0.480 e. The van der Waals surface area contributed by atoms with Crippen molar-refractivity contribution in [3.8, 4) is 0 Å². The number of nitrogens with two attached hydrogens (primary N) is 1. The van der Waals surface area contributed by atoms with E-state index < -0.39 is 12.0 Å². The molecule has 0 aromatic carbocycles. The predicted molar refractivity (Wildman–Crippen MR) is 47.6 cm³/mol. The van der Waals surface area contributed by atoms with Crippen molar-refractivity contribution in [2.45, 2.75) is 12.5 Å². The molecule has 6 heteroatoms. The number of carboxylic acid groups (broad SMARTS) is 1. The smallest absolute Gasteiger partial charge is 0.321 e. The number of aliphatic carboxylic acids is 1. The summed E-state index contributed by atoms with van der Waals surface area (Å²) < 4.78 is 5.06. The summed E-state index contributed by atoms with van der Waals surface area (Å²) in [7, 11) is 0. The molecule has 0 bridgehead atoms. The number of rotatable bonds is 3. The summed E-state index contributed by atoms with van der Waals surface area (Å²) in [5.74, 6) is -1.37. The zero-order valence-corrected chi connectivity index (χ0v) is 7.81. The molecular formula is C8H14N2O4. The summed E-state index contributed by atoms with van der Waals surface area (Å²) >= 11 is 0. The van der Waals surface area contributed by atoms with E-state index in [-0.39, 0.29) is 12.3 Å². The summed E-state index contributed by atoms with van der Waals surface area (Å²) in [4.78, 5) is 23.4. The quantitative estimate of drug-likeness (QED) is 0.590. The maximum absolute atomic E-state index is 11.4. The molecule has 0 aliphatic carbocycles. The molecule has 0 saturated carbocycles. The molecular weight excluding hydrogens is 188 g/mol. The molecule has 0 spiro atoms. The van der Waals surface area contributed by atoms with Crippen LogP contribution in [0.25, 0.3) is 0 Å². The van der Waals surface area contributed by atoms with Crippen molar-refractivity contribution in [3.05, 3.63) is 0 Å². The first kappa shape index (κ1) is 10.9. The maximum Gasteiger partial charge on any atom is 0.321 e. The maximum atomic E-state index is 11.4. The highest BCUT2D eigenvalue weighted by Crippen LogP contribution is 2.01. The minimum absolute atomic E-state index is 0.144. The van der Waals surface area contributed by atoms with E-state index in [1.54, 1.807) is 4.90 Å². The van der Waals surface area contributed by atoms with Gasteiger partial charge in [0.05, 0.1) is 19.6 Å². The lowest BCUT2D eigenvalue weighted by molar-refractivity contribution is -0.143. The number of ether oxygens (including phenoxy) is 1. The summed E-state index contributed by atoms with van der Waals surface area (Å²) in [6.45, 7) is 2.05. The highest BCUT2D eigenvalue weighted by atomic mass is 16.5. The molecule has 1 amide bonds. The van der Waals surface area contributed by atoms with Crippen molar-refractivity contribution in [2.24, 2.45) is 5.73 Å². The number of carbonyl (C=O) groups is 2. The van der Waals surface area contributed by atoms with Gasteiger partial charge < -0.3 is 20.5 Å². The predicted octanol–water partition coefficient (Wildman–Crippen LogP) is -1.35. The number of carboxylic acids is 1. The van der Waals surface area contributed by atoms with Crippen LogP contribution in [0.2, 0.25) is 0 Å². The lowest BCUT2D eigenvalue weighted by Gasteiger charge is -2.27. The monoisotopic (exact) mass is 202 g/mol. The minimum atomic E-state index is -1.15. The van der Waals surface area contributed by atoms with Crippen LogP contribution in [0.15, 0.2) is 0 Å². The zero-order chi connectivity index (χ0) is 10.6. The summed E-state index contributed by atoms with van der Waals surface area (Å²) in [6, 6.07) is -1.11. The molecule has 1 fully saturated rings. The second-order valence-electron chi connectivity index (χ2n) is 3.14. The first-order valence-electron chi connectivity index (χ1n) is 4.45. The number of morpholine rings is 1. The van der Waals surface area contributed by atoms with E-state index in [1.807, 2.05) is 0 Å². The third-order valence-electron chi connectivity index (χ3n) is 2.08. The van der Waals surface area contributed by atoms with Crippen LogP contribution in [-0.2, 0) is 14.3 Å². The Balaban J connectivity index is 2.36. The molecule has 80 valence electrons. The SMILES string of the molecule is N[C@@H](CC(=O)N1CCOCC1)C(=O)O. The van der Waals surface area contributed by atoms with Crippen molar-refractivity contribution < 1.29 is 19.4 Å². The van der Waals surface area contributed by atoms with Gasteiger partial charge in [0, 0.05) is 13.1 Å². The highest BCUT2D eigenvalue weighted by Gasteiger charge is 2.22. The van der Waals surface area contributed by atoms with Gasteiger partial charge in [0.2, 0.25) is 5.91 Å². The largest absolute Gasteiger partial charge is 0.480 e. The topological polar surface area (TPSA) is 92.9 Å². The van der Waals surface area contributed by atoms with Crippen molar-refractivity contribution >= 4 is 11.9 Å². The molecule has 0 radical (unpaired) electrons. The van der Waals surface area contributed by atoms with Crippen LogP contribution in [0.5, 0.6) is 0 Å². The highest BCUT2D eigenvalue weighted by molar-refractivity contribution is 5.84. The van der Waals surface area contributed by atoms with Gasteiger partial charge in [0.25, 0.3) is 0 Å². The molecule has 1 atom stereocenters. The average Bonchev–Trinajstić information content (AvgIpc) is 2.19. The van der Waals surface area contributed by atoms with E-state index in [2.05, 4.69) is 0 Å². The van der Waals surface area contributed by atoms with Gasteiger partial charge in [-0.2, -0.15) is 0 Å². The van der Waals surface area contributed by atoms with Crippen LogP contribution in [0.3, 0.4) is 0 Å². The van der Waals surface area contributed by atoms with E-state index >= 15 is 0 Å². The van der Waals surface area contributed by atoms with Crippen LogP contribution in [0.1, 0.15) is 6.42 Å². The Hall–Kier alpha value is -1.14. The van der Waals surface area contributed by atoms with E-state index in [0.717, 1.165) is 0 Å². The Bertz CT molecular complexity index is 225. The second kappa shape index (κ2) is 4.92. The first-order chi connectivity index (χ1) is 6.61. The third kappa shape index (κ3) is 2.97. The van der Waals surface area contributed by atoms with Crippen LogP contribution >= 0.6 is 0 Å². The molecule has 14 heavy (non-hydrogen) atoms. The van der Waals surface area contributed by atoms with Gasteiger partial charge in [-0.1, -0.05) is 0 Å². The van der Waals surface area contributed by atoms with Gasteiger partial charge in [-0.3, -0.25) is 9.59 Å². The molecule has 0 aromatic rings. The normalized spacial score (nSPS) is 19.1. The molecule has 1 saturated heterocycles. The summed E-state index contributed by atoms with van der Waals surface area (Å²) in [5.41, 5.74) is 5.25. The number of hydrogen-bond donors (Lipinski definition) is 2. The summed E-state index contributed by atoms with van der Waals surface area (Å²) in [5, 5.41) is 8.51. The van der Waals surface area contributed by atoms with Gasteiger partial charge in [0.1, 0.15) is 6.04 Å². The van der Waals surface area contributed by atoms with E-state index in [9.17, 15) is 9.59 Å². The zero-order valence-electron chi connectivity index (χ0n) is 7.81. The van der Waals surface area contributed by atoms with Crippen LogP contribution < -0.4 is 5.73 Å². The molecule has 1 aliphatic rings. The van der Waals surface area contributed by atoms with Crippen molar-refractivity contribution in [2.75, 3.05) is 26.3 Å². The van der Waals surface area contributed by atoms with Gasteiger partial charge in [0.15, 0.2) is 0 Å². The second-order valence-corrected chi connectivity index (χ2v) is 3.14. The third-order valence-corrected chi connectivity index (χ3v) is 2.08. The lowest BCUT2D eigenvalue weighted by Crippen LogP contribution is -2.44. The Morgan fingerprint density at radius 2 is 2.00 bits per heavy atom. The molecule has 0 aromatic heterocycles. The van der Waals surface area contributed by atoms with Gasteiger partial charge in [-0.25, -0.2) is 0 Å². The molecule has 6 nitrogen and oxygen atoms in total. The average molecular weight is 202 g/mol. The molecule has 3 N–H and O–H groups in total. The fourth-order valence-corrected chi connectivity index (χ4v) is 1.22. The molecule has 1 rings (SSSR count). The molecule has 0 unspecified atom stereocenters. The van der Waals surface area contributed by atoms with Gasteiger partial charge in [-0.15, -0.1) is 0 Å². The Kier molecular flexibility index (Phi) is 3.84. The van der Waals surface area contributed by atoms with Crippen molar-refractivity contribution in [3.63, 3.8) is 0 Å². The van der Waals surface area contributed by atoms with E-state index in [1.165, 1.54) is 0 Å². The molecule has 1 aliphatic heterocycles. The van der Waals surface area contributed by atoms with Crippen molar-refractivity contribution in [1.29, 1.82) is 0 Å². The van der Waals surface area contributed by atoms with Crippen LogP contribution in [-0.4, -0.2) is 54.2 Å². The van der Waals surface area contributed by atoms with E-state index in [0.29, 0.717) is 26.3 Å². The fraction of sp³-hybridized carbons (Fsp3) is 0.750. The molecule has 1 heterocycles. The number of carbonyl (C=O) groups excluding carboxylic acids is 1. The van der Waals surface area contributed by atoms with Gasteiger partial charge >= 0.3 is 5.97 Å². The standard InChI is InChI=1S/C8H14N2O4/c9-6(8(12)13)5-7(11)10-1-3-14-4-2-10/h6H,1-5,9H2,(H,12,13)/t6-/m0/s1. The van der Waals surface area contributed by atoms with Gasteiger partial charge in [-0.05, 0) is 0 Å². The number of hydrogen-bond acceptors (Lipinski definition) is 4. The van der Waals surface area contributed by atoms with E-state index in [4.69, 9.17) is 15.6 Å². The lowest BCUT2D eigenvalue weighted by atomic mass is 10.2. The Labute approximate surface area is 81.6 Å². The van der Waals surface area contributed by atoms with Crippen LogP contribution in [0, 0.1) is 0 Å². The first-order valence-corrected chi connectivity index (χ1v) is 4.45. The Morgan fingerprint density at radius 1 is 1.43 bits per heavy atom. The Morgan fingerprint density at radius 3 is 2.50 bits per heavy atom. The van der Waals surface area contributed by atoms with Crippen molar-refractivity contribution in [1.82, 2.24) is 4.90 Å². The summed E-state index contributed by atoms with van der Waals surface area (Å²) in [6.07, 6.45) is -0.144. The number of nitrogens with zero attached hydrogens (tertiary/aromatic N) is 1.